The van der Waals surface area contributed by atoms with Crippen molar-refractivity contribution in [1.29, 1.82) is 0 Å². The van der Waals surface area contributed by atoms with E-state index in [0.29, 0.717) is 0 Å². The molecule has 64 heavy (non-hydrogen) atoms. The number of hydrogen-bond acceptors (Lipinski definition) is 4. The van der Waals surface area contributed by atoms with E-state index in [1.165, 1.54) is 291 Å². The first-order chi connectivity index (χ1) is 31.5. The normalized spacial score (nSPS) is 28.6. The standard InChI is InChI=1S/C47H97N13P4/c1-51(2)61(48-62(52-30-12-3-13-31-52,53-32-14-4-15-33-53)54-34-16-5-17-35-54,49-63(55-36-18-6-19-37-55,56-38-20-7-21-39-56)57-40-22-8-23-41-57)50-64(58-42-24-9-25-43-58,59-44-26-10-27-45-59)60-46-28-11-29-47-60/h61H,3-47H2,1-2H3. The molecule has 0 aromatic rings. The molecule has 0 N–H and O–H groups in total. The molecule has 0 bridgehead atoms. The van der Waals surface area contributed by atoms with Crippen molar-refractivity contribution < 1.29 is 0 Å². The molecule has 13 nitrogen and oxygen atoms in total. The van der Waals surface area contributed by atoms with Crippen molar-refractivity contribution in [1.82, 2.24) is 46.7 Å². The Hall–Kier alpha value is 0.720. The summed E-state index contributed by atoms with van der Waals surface area (Å²) in [6, 6.07) is 0. The Kier molecular flexibility index (Phi) is 18.4. The maximum atomic E-state index is 7.26. The quantitative estimate of drug-likeness (QED) is 0.167. The van der Waals surface area contributed by atoms with Crippen LogP contribution in [0.25, 0.3) is 0 Å². The molecule has 9 rings (SSSR count). The van der Waals surface area contributed by atoms with Crippen molar-refractivity contribution in [2.45, 2.75) is 173 Å². The van der Waals surface area contributed by atoms with Crippen LogP contribution < -0.4 is 0 Å². The Balaban J connectivity index is 1.45. The molecule has 0 saturated carbocycles. The third-order valence-corrected chi connectivity index (χ3v) is 34.9. The van der Waals surface area contributed by atoms with Gasteiger partial charge >= 0.3 is 396 Å². The van der Waals surface area contributed by atoms with Gasteiger partial charge in [-0.05, 0) is 0 Å². The molecule has 17 heteroatoms. The first-order valence-corrected chi connectivity index (χ1v) is 34.5. The molecular formula is C47H97N13P4. The third kappa shape index (κ3) is 10.5. The van der Waals surface area contributed by atoms with Crippen molar-refractivity contribution in [3.05, 3.63) is 0 Å². The van der Waals surface area contributed by atoms with Crippen LogP contribution in [0.3, 0.4) is 0 Å². The second-order valence-corrected chi connectivity index (χ2v) is 34.3. The summed E-state index contributed by atoms with van der Waals surface area (Å²) in [5.41, 5.74) is 0. The summed E-state index contributed by atoms with van der Waals surface area (Å²) in [6.07, 6.45) is 35.8. The Morgan fingerprint density at radius 3 is 0.469 bits per heavy atom. The number of nitrogens with zero attached hydrogens (tertiary/aromatic N) is 13. The van der Waals surface area contributed by atoms with Gasteiger partial charge in [0.25, 0.3) is 0 Å². The van der Waals surface area contributed by atoms with Crippen LogP contribution in [0.4, 0.5) is 0 Å². The van der Waals surface area contributed by atoms with Crippen molar-refractivity contribution in [2.75, 3.05) is 132 Å². The summed E-state index contributed by atoms with van der Waals surface area (Å²) in [6.45, 7) is 21.5. The van der Waals surface area contributed by atoms with Gasteiger partial charge in [0.2, 0.25) is 0 Å². The molecule has 9 aliphatic rings. The monoisotopic (exact) mass is 968 g/mol. The van der Waals surface area contributed by atoms with E-state index in [-0.39, 0.29) is 0 Å². The Bertz CT molecular complexity index is 1260. The van der Waals surface area contributed by atoms with Crippen LogP contribution in [0, 0.1) is 0 Å². The van der Waals surface area contributed by atoms with Crippen molar-refractivity contribution in [3.63, 3.8) is 0 Å². The molecule has 370 valence electrons. The summed E-state index contributed by atoms with van der Waals surface area (Å²) in [5.74, 6) is 0. The summed E-state index contributed by atoms with van der Waals surface area (Å²) >= 11 is 0. The van der Waals surface area contributed by atoms with Gasteiger partial charge in [-0.1, -0.05) is 0 Å². The molecule has 0 aliphatic carbocycles. The fourth-order valence-corrected chi connectivity index (χ4v) is 36.5. The molecule has 0 aromatic heterocycles. The van der Waals surface area contributed by atoms with E-state index in [4.69, 9.17) is 13.5 Å². The van der Waals surface area contributed by atoms with E-state index >= 15 is 0 Å². The first kappa shape index (κ1) is 49.7. The molecular weight excluding hydrogens is 871 g/mol. The van der Waals surface area contributed by atoms with Crippen LogP contribution in [0.5, 0.6) is 0 Å². The number of piperidine rings is 9. The Morgan fingerprint density at radius 2 is 0.359 bits per heavy atom. The first-order valence-electron chi connectivity index (χ1n) is 27.9. The average Bonchev–Trinajstić information content (AvgIpc) is 3.38. The van der Waals surface area contributed by atoms with Gasteiger partial charge in [-0.2, -0.15) is 0 Å². The van der Waals surface area contributed by atoms with Gasteiger partial charge in [-0.15, -0.1) is 0 Å². The molecule has 0 radical (unpaired) electrons. The number of hydrogen-bond donors (Lipinski definition) is 0. The zero-order chi connectivity index (χ0) is 43.7. The van der Waals surface area contributed by atoms with Crippen LogP contribution in [0.2, 0.25) is 0 Å². The van der Waals surface area contributed by atoms with Gasteiger partial charge in [-0.25, -0.2) is 0 Å². The zero-order valence-corrected chi connectivity index (χ0v) is 45.2. The van der Waals surface area contributed by atoms with E-state index in [9.17, 15) is 0 Å². The van der Waals surface area contributed by atoms with Gasteiger partial charge in [0.05, 0.1) is 0 Å². The van der Waals surface area contributed by atoms with Crippen LogP contribution in [-0.4, -0.2) is 179 Å². The predicted molar refractivity (Wildman–Crippen MR) is 279 cm³/mol. The topological polar surface area (TPSA) is 69.5 Å². The van der Waals surface area contributed by atoms with Gasteiger partial charge < -0.3 is 0 Å². The van der Waals surface area contributed by atoms with E-state index in [0.717, 1.165) is 0 Å². The molecule has 0 atom stereocenters. The molecule has 0 amide bonds. The van der Waals surface area contributed by atoms with Crippen molar-refractivity contribution in [3.8, 4) is 0 Å². The maximum absolute atomic E-state index is 7.26. The van der Waals surface area contributed by atoms with Gasteiger partial charge in [0, 0.05) is 0 Å². The Morgan fingerprint density at radius 1 is 0.234 bits per heavy atom. The molecule has 9 heterocycles. The molecule has 9 saturated heterocycles. The second-order valence-electron chi connectivity index (χ2n) is 21.5. The van der Waals surface area contributed by atoms with Gasteiger partial charge in [0.1, 0.15) is 0 Å². The van der Waals surface area contributed by atoms with E-state index in [1.54, 1.807) is 0 Å². The third-order valence-electron chi connectivity index (χ3n) is 16.8. The minimum atomic E-state index is -3.55. The molecule has 9 aliphatic heterocycles. The van der Waals surface area contributed by atoms with E-state index in [1.807, 2.05) is 0 Å². The van der Waals surface area contributed by atoms with E-state index < -0.39 is 30.4 Å². The summed E-state index contributed by atoms with van der Waals surface area (Å²) in [5, 5.41) is 0. The second kappa shape index (κ2) is 23.8. The molecule has 0 unspecified atom stereocenters. The molecule has 9 fully saturated rings. The Labute approximate surface area is 394 Å². The van der Waals surface area contributed by atoms with Crippen LogP contribution in [0.1, 0.15) is 173 Å². The average molecular weight is 968 g/mol. The van der Waals surface area contributed by atoms with Gasteiger partial charge in [0.15, 0.2) is 0 Å². The van der Waals surface area contributed by atoms with E-state index in [2.05, 4.69) is 60.8 Å². The SMILES string of the molecule is CN(C)[PH](N=P(N1CCCCC1)(N1CCCCC1)N1CCCCC1)(N=P(N1CCCCC1)(N1CCCCC1)N1CCCCC1)N=P(N1CCCCC1)(N1CCCCC1)N1CCCCC1. The fraction of sp³-hybridized carbons (Fsp3) is 1.00. The zero-order valence-electron chi connectivity index (χ0n) is 41.5. The fourth-order valence-electron chi connectivity index (χ4n) is 13.4. The number of rotatable bonds is 13. The minimum absolute atomic E-state index is 1.19. The summed E-state index contributed by atoms with van der Waals surface area (Å²) < 4.78 is 52.2. The van der Waals surface area contributed by atoms with Crippen LogP contribution in [-0.2, 0) is 0 Å². The molecule has 0 spiro atoms. The van der Waals surface area contributed by atoms with Crippen molar-refractivity contribution >= 4 is 30.4 Å². The molecule has 0 aromatic carbocycles. The van der Waals surface area contributed by atoms with Gasteiger partial charge in [-0.3, -0.25) is 0 Å². The van der Waals surface area contributed by atoms with Crippen LogP contribution in [0.15, 0.2) is 13.5 Å². The van der Waals surface area contributed by atoms with Crippen molar-refractivity contribution in [2.24, 2.45) is 13.5 Å². The predicted octanol–water partition coefficient (Wildman–Crippen LogP) is 12.2. The van der Waals surface area contributed by atoms with Crippen LogP contribution >= 0.6 is 30.4 Å². The summed E-state index contributed by atoms with van der Waals surface area (Å²) in [4.78, 5) is 0. The summed E-state index contributed by atoms with van der Waals surface area (Å²) in [7, 11) is -5.88.